The van der Waals surface area contributed by atoms with Crippen LogP contribution in [0.2, 0.25) is 0 Å². The maximum atomic E-state index is 11.6. The van der Waals surface area contributed by atoms with Crippen molar-refractivity contribution in [3.05, 3.63) is 23.8 Å². The zero-order chi connectivity index (χ0) is 18.2. The summed E-state index contributed by atoms with van der Waals surface area (Å²) in [5.74, 6) is 0.859. The number of esters is 1. The van der Waals surface area contributed by atoms with Crippen LogP contribution in [0.3, 0.4) is 0 Å². The molecule has 2 rings (SSSR count). The summed E-state index contributed by atoms with van der Waals surface area (Å²) in [4.78, 5) is 16.3. The highest BCUT2D eigenvalue weighted by Crippen LogP contribution is 2.32. The molecule has 1 saturated heterocycles. The maximum Gasteiger partial charge on any atom is 0.322 e. The number of carbonyl (C=O) groups is 1. The quantitative estimate of drug-likeness (QED) is 0.678. The van der Waals surface area contributed by atoms with Crippen LogP contribution in [-0.2, 0) is 16.0 Å². The minimum atomic E-state index is -0.725. The lowest BCUT2D eigenvalue weighted by Crippen LogP contribution is -2.45. The SMILES string of the molecule is COC(=O)C(N)Cc1cccc(OC)c1OCCN1CCN(C)CC1. The molecule has 1 aromatic carbocycles. The summed E-state index contributed by atoms with van der Waals surface area (Å²) in [6.07, 6.45) is 0.341. The third-order valence-corrected chi connectivity index (χ3v) is 4.47. The number of ether oxygens (including phenoxy) is 3. The molecule has 1 aliphatic rings. The molecule has 25 heavy (non-hydrogen) atoms. The summed E-state index contributed by atoms with van der Waals surface area (Å²) in [6, 6.07) is 4.89. The predicted octanol–water partition coefficient (Wildman–Crippen LogP) is 0.364. The van der Waals surface area contributed by atoms with E-state index in [1.807, 2.05) is 18.2 Å². The van der Waals surface area contributed by atoms with Crippen LogP contribution in [0.15, 0.2) is 18.2 Å². The summed E-state index contributed by atoms with van der Waals surface area (Å²) < 4.78 is 16.1. The first-order valence-corrected chi connectivity index (χ1v) is 8.58. The monoisotopic (exact) mass is 351 g/mol. The molecule has 0 aliphatic carbocycles. The number of piperazine rings is 1. The van der Waals surface area contributed by atoms with Gasteiger partial charge in [0.1, 0.15) is 12.6 Å². The molecule has 1 aromatic rings. The van der Waals surface area contributed by atoms with Crippen LogP contribution in [-0.4, -0.2) is 82.4 Å². The standard InChI is InChI=1S/C18H29N3O4/c1-20-7-9-21(10-8-20)11-12-25-17-14(5-4-6-16(17)23-2)13-15(19)18(22)24-3/h4-6,15H,7-13,19H2,1-3H3. The van der Waals surface area contributed by atoms with Crippen molar-refractivity contribution in [3.8, 4) is 11.5 Å². The van der Waals surface area contributed by atoms with E-state index in [2.05, 4.69) is 16.8 Å². The maximum absolute atomic E-state index is 11.6. The average Bonchev–Trinajstić information content (AvgIpc) is 2.63. The van der Waals surface area contributed by atoms with Gasteiger partial charge in [0.25, 0.3) is 0 Å². The molecular weight excluding hydrogens is 322 g/mol. The highest BCUT2D eigenvalue weighted by molar-refractivity contribution is 5.76. The van der Waals surface area contributed by atoms with Gasteiger partial charge >= 0.3 is 5.97 Å². The second-order valence-corrected chi connectivity index (χ2v) is 6.28. The second-order valence-electron chi connectivity index (χ2n) is 6.28. The molecule has 1 unspecified atom stereocenters. The molecule has 1 fully saturated rings. The number of benzene rings is 1. The van der Waals surface area contributed by atoms with Gasteiger partial charge in [0, 0.05) is 44.7 Å². The number of likely N-dealkylation sites (N-methyl/N-ethyl adjacent to an activating group) is 1. The number of hydrogen-bond donors (Lipinski definition) is 1. The normalized spacial score (nSPS) is 17.1. The first kappa shape index (κ1) is 19.5. The van der Waals surface area contributed by atoms with E-state index in [1.54, 1.807) is 7.11 Å². The van der Waals surface area contributed by atoms with Crippen LogP contribution in [0, 0.1) is 0 Å². The van der Waals surface area contributed by atoms with E-state index >= 15 is 0 Å². The minimum absolute atomic E-state index is 0.341. The van der Waals surface area contributed by atoms with Crippen LogP contribution in [0.4, 0.5) is 0 Å². The van der Waals surface area contributed by atoms with E-state index < -0.39 is 12.0 Å². The molecule has 0 bridgehead atoms. The Morgan fingerprint density at radius 1 is 1.24 bits per heavy atom. The highest BCUT2D eigenvalue weighted by Gasteiger charge is 2.20. The lowest BCUT2D eigenvalue weighted by atomic mass is 10.0. The minimum Gasteiger partial charge on any atom is -0.493 e. The molecule has 0 amide bonds. The number of nitrogens with two attached hydrogens (primary N) is 1. The molecule has 0 aromatic heterocycles. The molecule has 7 nitrogen and oxygen atoms in total. The van der Waals surface area contributed by atoms with Crippen LogP contribution < -0.4 is 15.2 Å². The number of nitrogens with zero attached hydrogens (tertiary/aromatic N) is 2. The van der Waals surface area contributed by atoms with Crippen molar-refractivity contribution in [3.63, 3.8) is 0 Å². The molecule has 1 atom stereocenters. The predicted molar refractivity (Wildman–Crippen MR) is 96.1 cm³/mol. The van der Waals surface area contributed by atoms with Gasteiger partial charge in [-0.1, -0.05) is 12.1 Å². The Morgan fingerprint density at radius 3 is 2.60 bits per heavy atom. The Bertz CT molecular complexity index is 559. The van der Waals surface area contributed by atoms with E-state index in [4.69, 9.17) is 19.9 Å². The van der Waals surface area contributed by atoms with Crippen LogP contribution in [0.1, 0.15) is 5.56 Å². The molecule has 2 N–H and O–H groups in total. The fraction of sp³-hybridized carbons (Fsp3) is 0.611. The summed E-state index contributed by atoms with van der Waals surface area (Å²) in [5, 5.41) is 0. The molecule has 0 radical (unpaired) electrons. The lowest BCUT2D eigenvalue weighted by Gasteiger charge is -2.32. The number of para-hydroxylation sites is 1. The third-order valence-electron chi connectivity index (χ3n) is 4.47. The summed E-state index contributed by atoms with van der Waals surface area (Å²) in [5.41, 5.74) is 6.74. The lowest BCUT2D eigenvalue weighted by molar-refractivity contribution is -0.142. The van der Waals surface area contributed by atoms with E-state index in [0.717, 1.165) is 38.3 Å². The fourth-order valence-electron chi connectivity index (χ4n) is 2.87. The van der Waals surface area contributed by atoms with Gasteiger partial charge in [-0.05, 0) is 13.1 Å². The van der Waals surface area contributed by atoms with Gasteiger partial charge in [-0.2, -0.15) is 0 Å². The smallest absolute Gasteiger partial charge is 0.322 e. The molecule has 140 valence electrons. The van der Waals surface area contributed by atoms with Gasteiger partial charge < -0.3 is 24.8 Å². The van der Waals surface area contributed by atoms with Gasteiger partial charge in [0.2, 0.25) is 0 Å². The number of rotatable bonds is 8. The summed E-state index contributed by atoms with van der Waals surface area (Å²) >= 11 is 0. The molecule has 7 heteroatoms. The van der Waals surface area contributed by atoms with Gasteiger partial charge in [0.15, 0.2) is 11.5 Å². The first-order chi connectivity index (χ1) is 12.0. The van der Waals surface area contributed by atoms with E-state index in [1.165, 1.54) is 7.11 Å². The average molecular weight is 351 g/mol. The fourth-order valence-corrected chi connectivity index (χ4v) is 2.87. The molecule has 1 heterocycles. The van der Waals surface area contributed by atoms with E-state index in [0.29, 0.717) is 24.5 Å². The highest BCUT2D eigenvalue weighted by atomic mass is 16.5. The Labute approximate surface area is 149 Å². The Hall–Kier alpha value is -1.83. The van der Waals surface area contributed by atoms with Gasteiger partial charge in [-0.25, -0.2) is 0 Å². The number of hydrogen-bond acceptors (Lipinski definition) is 7. The Balaban J connectivity index is 1.98. The van der Waals surface area contributed by atoms with Crippen molar-refractivity contribution >= 4 is 5.97 Å². The van der Waals surface area contributed by atoms with Gasteiger partial charge in [-0.15, -0.1) is 0 Å². The van der Waals surface area contributed by atoms with Crippen molar-refractivity contribution < 1.29 is 19.0 Å². The van der Waals surface area contributed by atoms with Crippen LogP contribution in [0.25, 0.3) is 0 Å². The molecule has 0 saturated carbocycles. The van der Waals surface area contributed by atoms with Crippen molar-refractivity contribution in [1.29, 1.82) is 0 Å². The summed E-state index contributed by atoms with van der Waals surface area (Å²) in [7, 11) is 5.08. The molecule has 0 spiro atoms. The molecule has 1 aliphatic heterocycles. The van der Waals surface area contributed by atoms with Crippen molar-refractivity contribution in [2.75, 3.05) is 60.6 Å². The number of carbonyl (C=O) groups excluding carboxylic acids is 1. The van der Waals surface area contributed by atoms with Crippen LogP contribution in [0.5, 0.6) is 11.5 Å². The zero-order valence-corrected chi connectivity index (χ0v) is 15.4. The zero-order valence-electron chi connectivity index (χ0n) is 15.4. The largest absolute Gasteiger partial charge is 0.493 e. The Morgan fingerprint density at radius 2 is 1.96 bits per heavy atom. The third kappa shape index (κ3) is 5.59. The molecular formula is C18H29N3O4. The topological polar surface area (TPSA) is 77.3 Å². The van der Waals surface area contributed by atoms with Crippen molar-refractivity contribution in [1.82, 2.24) is 9.80 Å². The van der Waals surface area contributed by atoms with Gasteiger partial charge in [-0.3, -0.25) is 9.69 Å². The van der Waals surface area contributed by atoms with Crippen molar-refractivity contribution in [2.24, 2.45) is 5.73 Å². The van der Waals surface area contributed by atoms with Crippen LogP contribution >= 0.6 is 0 Å². The van der Waals surface area contributed by atoms with Gasteiger partial charge in [0.05, 0.1) is 14.2 Å². The van der Waals surface area contributed by atoms with E-state index in [-0.39, 0.29) is 0 Å². The first-order valence-electron chi connectivity index (χ1n) is 8.58. The van der Waals surface area contributed by atoms with E-state index in [9.17, 15) is 4.79 Å². The summed E-state index contributed by atoms with van der Waals surface area (Å²) in [6.45, 7) is 5.67. The number of methoxy groups -OCH3 is 2. The Kier molecular flexibility index (Phi) is 7.49. The van der Waals surface area contributed by atoms with Crippen molar-refractivity contribution in [2.45, 2.75) is 12.5 Å². The second kappa shape index (κ2) is 9.60.